The van der Waals surface area contributed by atoms with E-state index in [2.05, 4.69) is 21.9 Å². The molecule has 0 bridgehead atoms. The maximum absolute atomic E-state index is 12.8. The summed E-state index contributed by atoms with van der Waals surface area (Å²) in [7, 11) is 1.50. The molecule has 1 aliphatic rings. The molecule has 9 heteroatoms. The zero-order valence-corrected chi connectivity index (χ0v) is 19.6. The Bertz CT molecular complexity index is 1060. The van der Waals surface area contributed by atoms with Gasteiger partial charge in [-0.2, -0.15) is 0 Å². The molecule has 1 aliphatic heterocycles. The van der Waals surface area contributed by atoms with Crippen LogP contribution in [0.3, 0.4) is 0 Å². The maximum atomic E-state index is 12.8. The predicted octanol–water partition coefficient (Wildman–Crippen LogP) is 5.24. The van der Waals surface area contributed by atoms with Crippen LogP contribution in [-0.2, 0) is 4.79 Å². The zero-order valence-electron chi connectivity index (χ0n) is 16.4. The van der Waals surface area contributed by atoms with E-state index in [1.165, 1.54) is 7.11 Å². The zero-order chi connectivity index (χ0) is 22.4. The third-order valence-corrected chi connectivity index (χ3v) is 5.74. The quantitative estimate of drug-likeness (QED) is 0.349. The first kappa shape index (κ1) is 23.1. The lowest BCUT2D eigenvalue weighted by Gasteiger charge is -2.14. The molecule has 0 N–H and O–H groups in total. The first-order valence-corrected chi connectivity index (χ1v) is 11.0. The van der Waals surface area contributed by atoms with Crippen LogP contribution in [0, 0.1) is 12.3 Å². The molecular weight excluding hydrogens is 506 g/mol. The van der Waals surface area contributed by atoms with Crippen LogP contribution in [0.25, 0.3) is 6.08 Å². The highest BCUT2D eigenvalue weighted by Crippen LogP contribution is 2.39. The second-order valence-corrected chi connectivity index (χ2v) is 8.50. The standard InChI is InChI=1S/C22H17BrClNO5S/c1-3-9-30-20-14(11-15(23)13-18(20)28-2)12-19-21(26)25(22(27)31-19)8-10-29-17-6-4-16(24)5-7-17/h1,4-7,11-13H,8-10H2,2H3/b19-12-. The molecule has 0 aromatic heterocycles. The van der Waals surface area contributed by atoms with Crippen molar-refractivity contribution in [1.82, 2.24) is 4.90 Å². The van der Waals surface area contributed by atoms with Gasteiger partial charge >= 0.3 is 0 Å². The summed E-state index contributed by atoms with van der Waals surface area (Å²) in [5.74, 6) is 3.43. The van der Waals surface area contributed by atoms with Crippen molar-refractivity contribution in [3.8, 4) is 29.6 Å². The van der Waals surface area contributed by atoms with E-state index < -0.39 is 5.91 Å². The lowest BCUT2D eigenvalue weighted by molar-refractivity contribution is -0.123. The molecule has 2 amide bonds. The fraction of sp³-hybridized carbons (Fsp3) is 0.182. The summed E-state index contributed by atoms with van der Waals surface area (Å²) in [6.45, 7) is 0.309. The lowest BCUT2D eigenvalue weighted by Crippen LogP contribution is -2.32. The van der Waals surface area contributed by atoms with Gasteiger partial charge in [0.1, 0.15) is 19.0 Å². The highest BCUT2D eigenvalue weighted by molar-refractivity contribution is 9.10. The van der Waals surface area contributed by atoms with Crippen LogP contribution < -0.4 is 14.2 Å². The number of carbonyl (C=O) groups is 2. The second-order valence-electron chi connectivity index (χ2n) is 6.15. The van der Waals surface area contributed by atoms with Crippen molar-refractivity contribution in [2.45, 2.75) is 0 Å². The largest absolute Gasteiger partial charge is 0.493 e. The third-order valence-electron chi connectivity index (χ3n) is 4.13. The SMILES string of the molecule is C#CCOc1c(/C=C2\SC(=O)N(CCOc3ccc(Cl)cc3)C2=O)cc(Br)cc1OC. The highest BCUT2D eigenvalue weighted by Gasteiger charge is 2.35. The average Bonchev–Trinajstić information content (AvgIpc) is 3.01. The van der Waals surface area contributed by atoms with Gasteiger partial charge in [0.2, 0.25) is 0 Å². The number of halogens is 2. The molecule has 3 rings (SSSR count). The van der Waals surface area contributed by atoms with Crippen molar-refractivity contribution in [1.29, 1.82) is 0 Å². The summed E-state index contributed by atoms with van der Waals surface area (Å²) in [6.07, 6.45) is 6.88. The predicted molar refractivity (Wildman–Crippen MR) is 125 cm³/mol. The molecular formula is C22H17BrClNO5S. The molecule has 1 heterocycles. The number of rotatable bonds is 8. The van der Waals surface area contributed by atoms with Crippen molar-refractivity contribution in [2.75, 3.05) is 26.9 Å². The van der Waals surface area contributed by atoms with Gasteiger partial charge in [-0.05, 0) is 54.2 Å². The van der Waals surface area contributed by atoms with Crippen LogP contribution in [0.2, 0.25) is 5.02 Å². The van der Waals surface area contributed by atoms with E-state index in [4.69, 9.17) is 32.2 Å². The van der Waals surface area contributed by atoms with Crippen molar-refractivity contribution >= 4 is 56.5 Å². The second kappa shape index (κ2) is 10.6. The number of hydrogen-bond acceptors (Lipinski definition) is 6. The lowest BCUT2D eigenvalue weighted by atomic mass is 10.1. The number of benzene rings is 2. The monoisotopic (exact) mass is 521 g/mol. The van der Waals surface area contributed by atoms with E-state index >= 15 is 0 Å². The Labute approximate surface area is 197 Å². The number of imide groups is 1. The minimum absolute atomic E-state index is 0.0301. The van der Waals surface area contributed by atoms with Crippen molar-refractivity contribution in [3.05, 3.63) is 56.4 Å². The van der Waals surface area contributed by atoms with Gasteiger partial charge in [-0.3, -0.25) is 14.5 Å². The molecule has 1 saturated heterocycles. The molecule has 0 atom stereocenters. The van der Waals surface area contributed by atoms with Gasteiger partial charge in [0.15, 0.2) is 11.5 Å². The maximum Gasteiger partial charge on any atom is 0.293 e. The Morgan fingerprint density at radius 3 is 2.65 bits per heavy atom. The van der Waals surface area contributed by atoms with Crippen molar-refractivity contribution < 1.29 is 23.8 Å². The van der Waals surface area contributed by atoms with E-state index in [1.807, 2.05) is 0 Å². The summed E-state index contributed by atoms with van der Waals surface area (Å²) in [5, 5.41) is 0.224. The molecule has 6 nitrogen and oxygen atoms in total. The number of thioether (sulfide) groups is 1. The molecule has 2 aromatic rings. The number of amides is 2. The van der Waals surface area contributed by atoms with E-state index in [0.29, 0.717) is 27.8 Å². The van der Waals surface area contributed by atoms with Gasteiger partial charge in [-0.15, -0.1) is 6.42 Å². The summed E-state index contributed by atoms with van der Waals surface area (Å²) in [5.41, 5.74) is 0.560. The number of terminal acetylenes is 1. The Morgan fingerprint density at radius 1 is 1.23 bits per heavy atom. The van der Waals surface area contributed by atoms with Crippen LogP contribution in [0.15, 0.2) is 45.8 Å². The van der Waals surface area contributed by atoms with Crippen molar-refractivity contribution in [3.63, 3.8) is 0 Å². The molecule has 2 aromatic carbocycles. The van der Waals surface area contributed by atoms with Crippen LogP contribution >= 0.6 is 39.3 Å². The molecule has 31 heavy (non-hydrogen) atoms. The Morgan fingerprint density at radius 2 is 1.97 bits per heavy atom. The van der Waals surface area contributed by atoms with E-state index in [0.717, 1.165) is 21.1 Å². The number of methoxy groups -OCH3 is 1. The first-order valence-electron chi connectivity index (χ1n) is 9.00. The first-order chi connectivity index (χ1) is 14.9. The molecule has 0 radical (unpaired) electrons. The van der Waals surface area contributed by atoms with Crippen LogP contribution in [0.5, 0.6) is 17.2 Å². The van der Waals surface area contributed by atoms with E-state index in [-0.39, 0.29) is 29.9 Å². The molecule has 0 aliphatic carbocycles. The van der Waals surface area contributed by atoms with Crippen LogP contribution in [-0.4, -0.2) is 42.9 Å². The molecule has 0 spiro atoms. The number of nitrogens with zero attached hydrogens (tertiary/aromatic N) is 1. The van der Waals surface area contributed by atoms with Crippen molar-refractivity contribution in [2.24, 2.45) is 0 Å². The summed E-state index contributed by atoms with van der Waals surface area (Å²) < 4.78 is 17.3. The number of ether oxygens (including phenoxy) is 3. The van der Waals surface area contributed by atoms with Gasteiger partial charge in [0.25, 0.3) is 11.1 Å². The fourth-order valence-electron chi connectivity index (χ4n) is 2.74. The average molecular weight is 523 g/mol. The minimum atomic E-state index is -0.406. The third kappa shape index (κ3) is 5.76. The van der Waals surface area contributed by atoms with Gasteiger partial charge in [-0.1, -0.05) is 33.5 Å². The fourth-order valence-corrected chi connectivity index (χ4v) is 4.17. The van der Waals surface area contributed by atoms with Gasteiger partial charge in [-0.25, -0.2) is 0 Å². The molecule has 160 valence electrons. The summed E-state index contributed by atoms with van der Waals surface area (Å²) in [6, 6.07) is 10.3. The highest BCUT2D eigenvalue weighted by atomic mass is 79.9. The summed E-state index contributed by atoms with van der Waals surface area (Å²) >= 11 is 10.1. The topological polar surface area (TPSA) is 65.1 Å². The van der Waals surface area contributed by atoms with E-state index in [1.54, 1.807) is 42.5 Å². The molecule has 0 unspecified atom stereocenters. The Balaban J connectivity index is 1.76. The van der Waals surface area contributed by atoms with E-state index in [9.17, 15) is 9.59 Å². The number of hydrogen-bond donors (Lipinski definition) is 0. The minimum Gasteiger partial charge on any atom is -0.493 e. The summed E-state index contributed by atoms with van der Waals surface area (Å²) in [4.78, 5) is 26.6. The Kier molecular flexibility index (Phi) is 7.91. The number of carbonyl (C=O) groups excluding carboxylic acids is 2. The van der Waals surface area contributed by atoms with Gasteiger partial charge < -0.3 is 14.2 Å². The molecule has 1 fully saturated rings. The smallest absolute Gasteiger partial charge is 0.293 e. The van der Waals surface area contributed by atoms with Gasteiger partial charge in [0, 0.05) is 15.1 Å². The Hall–Kier alpha value is -2.60. The van der Waals surface area contributed by atoms with Crippen LogP contribution in [0.4, 0.5) is 4.79 Å². The molecule has 0 saturated carbocycles. The van der Waals surface area contributed by atoms with Gasteiger partial charge in [0.05, 0.1) is 18.6 Å². The normalized spacial score (nSPS) is 14.6. The van der Waals surface area contributed by atoms with Crippen LogP contribution in [0.1, 0.15) is 5.56 Å².